The van der Waals surface area contributed by atoms with Gasteiger partial charge in [0.05, 0.1) is 23.0 Å². The lowest BCUT2D eigenvalue weighted by Crippen LogP contribution is -2.19. The molecular weight excluding hydrogens is 312 g/mol. The van der Waals surface area contributed by atoms with Crippen molar-refractivity contribution < 1.29 is 9.21 Å². The predicted octanol–water partition coefficient (Wildman–Crippen LogP) is 2.72. The Morgan fingerprint density at radius 3 is 2.96 bits per heavy atom. The van der Waals surface area contributed by atoms with E-state index in [2.05, 4.69) is 15.5 Å². The van der Waals surface area contributed by atoms with Crippen LogP contribution in [0.2, 0.25) is 0 Å². The molecule has 0 unspecified atom stereocenters. The van der Waals surface area contributed by atoms with E-state index >= 15 is 0 Å². The van der Waals surface area contributed by atoms with Crippen molar-refractivity contribution >= 4 is 34.9 Å². The highest BCUT2D eigenvalue weighted by Gasteiger charge is 2.09. The van der Waals surface area contributed by atoms with E-state index in [0.717, 1.165) is 22.0 Å². The summed E-state index contributed by atoms with van der Waals surface area (Å²) in [7, 11) is 1.94. The summed E-state index contributed by atoms with van der Waals surface area (Å²) in [5.41, 5.74) is 4.44. The maximum absolute atomic E-state index is 11.8. The van der Waals surface area contributed by atoms with Crippen LogP contribution < -0.4 is 5.43 Å². The summed E-state index contributed by atoms with van der Waals surface area (Å²) in [5.74, 6) is 1.45. The highest BCUT2D eigenvalue weighted by Crippen LogP contribution is 2.22. The van der Waals surface area contributed by atoms with Crippen LogP contribution in [-0.4, -0.2) is 27.4 Å². The number of benzene rings is 1. The molecule has 2 aromatic heterocycles. The number of hydrogen-bond acceptors (Lipinski definition) is 5. The van der Waals surface area contributed by atoms with Crippen molar-refractivity contribution in [2.24, 2.45) is 12.1 Å². The Balaban J connectivity index is 1.56. The molecule has 6 nitrogen and oxygen atoms in total. The fraction of sp³-hybridized carbons (Fsp3) is 0.188. The van der Waals surface area contributed by atoms with Crippen molar-refractivity contribution in [1.29, 1.82) is 0 Å². The van der Waals surface area contributed by atoms with E-state index in [4.69, 9.17) is 4.42 Å². The number of aryl methyl sites for hydroxylation is 2. The third-order valence-electron chi connectivity index (χ3n) is 3.22. The average molecular weight is 328 g/mol. The Labute approximate surface area is 137 Å². The van der Waals surface area contributed by atoms with Gasteiger partial charge in [-0.05, 0) is 31.2 Å². The SMILES string of the molecule is Cc1ccc(/C=N/NC(=O)CSc2nc3ccccc3n2C)o1. The van der Waals surface area contributed by atoms with Crippen LogP contribution in [0.4, 0.5) is 0 Å². The minimum absolute atomic E-state index is 0.193. The summed E-state index contributed by atoms with van der Waals surface area (Å²) in [6.07, 6.45) is 1.48. The standard InChI is InChI=1S/C16H16N4O2S/c1-11-7-8-12(22-11)9-17-19-15(21)10-23-16-18-13-5-3-4-6-14(13)20(16)2/h3-9H,10H2,1-2H3,(H,19,21)/b17-9+. The second-order valence-electron chi connectivity index (χ2n) is 4.97. The molecule has 118 valence electrons. The monoisotopic (exact) mass is 328 g/mol. The lowest BCUT2D eigenvalue weighted by Gasteiger charge is -2.01. The molecule has 1 amide bonds. The number of carbonyl (C=O) groups is 1. The van der Waals surface area contributed by atoms with Gasteiger partial charge in [-0.15, -0.1) is 0 Å². The maximum atomic E-state index is 11.8. The van der Waals surface area contributed by atoms with Gasteiger partial charge in [0.2, 0.25) is 0 Å². The molecule has 0 spiro atoms. The van der Waals surface area contributed by atoms with Crippen molar-refractivity contribution in [1.82, 2.24) is 15.0 Å². The first kappa shape index (κ1) is 15.4. The second-order valence-corrected chi connectivity index (χ2v) is 5.91. The Kier molecular flexibility index (Phi) is 4.47. The molecule has 2 heterocycles. The molecule has 7 heteroatoms. The van der Waals surface area contributed by atoms with Crippen molar-refractivity contribution in [3.63, 3.8) is 0 Å². The van der Waals surface area contributed by atoms with Crippen molar-refractivity contribution in [3.8, 4) is 0 Å². The maximum Gasteiger partial charge on any atom is 0.250 e. The summed E-state index contributed by atoms with van der Waals surface area (Å²) in [6.45, 7) is 1.85. The normalized spacial score (nSPS) is 11.4. The topological polar surface area (TPSA) is 72.4 Å². The zero-order valence-corrected chi connectivity index (χ0v) is 13.6. The number of furan rings is 1. The molecular formula is C16H16N4O2S. The molecule has 23 heavy (non-hydrogen) atoms. The number of amides is 1. The van der Waals surface area contributed by atoms with Gasteiger partial charge in [-0.25, -0.2) is 10.4 Å². The highest BCUT2D eigenvalue weighted by molar-refractivity contribution is 7.99. The number of fused-ring (bicyclic) bond motifs is 1. The van der Waals surface area contributed by atoms with Crippen molar-refractivity contribution in [3.05, 3.63) is 47.9 Å². The van der Waals surface area contributed by atoms with Gasteiger partial charge in [0.1, 0.15) is 11.5 Å². The molecule has 1 N–H and O–H groups in total. The third kappa shape index (κ3) is 3.62. The molecule has 0 saturated heterocycles. The Morgan fingerprint density at radius 1 is 1.39 bits per heavy atom. The van der Waals surface area contributed by atoms with E-state index in [-0.39, 0.29) is 11.7 Å². The summed E-state index contributed by atoms with van der Waals surface area (Å²) < 4.78 is 7.30. The van der Waals surface area contributed by atoms with Gasteiger partial charge < -0.3 is 8.98 Å². The number of hydrogen-bond donors (Lipinski definition) is 1. The third-order valence-corrected chi connectivity index (χ3v) is 4.25. The minimum atomic E-state index is -0.193. The number of carbonyl (C=O) groups excluding carboxylic acids is 1. The van der Waals surface area contributed by atoms with Gasteiger partial charge in [-0.3, -0.25) is 4.79 Å². The van der Waals surface area contributed by atoms with Crippen LogP contribution in [-0.2, 0) is 11.8 Å². The number of para-hydroxylation sites is 2. The molecule has 0 aliphatic rings. The average Bonchev–Trinajstić information content (AvgIpc) is 3.10. The van der Waals surface area contributed by atoms with Gasteiger partial charge in [-0.2, -0.15) is 5.10 Å². The molecule has 0 aliphatic carbocycles. The van der Waals surface area contributed by atoms with Gasteiger partial charge in [0.25, 0.3) is 5.91 Å². The minimum Gasteiger partial charge on any atom is -0.460 e. The number of rotatable bonds is 5. The van der Waals surface area contributed by atoms with Crippen LogP contribution in [0.1, 0.15) is 11.5 Å². The zero-order chi connectivity index (χ0) is 16.2. The predicted molar refractivity (Wildman–Crippen MR) is 90.6 cm³/mol. The van der Waals surface area contributed by atoms with Gasteiger partial charge in [-0.1, -0.05) is 23.9 Å². The largest absolute Gasteiger partial charge is 0.460 e. The quantitative estimate of drug-likeness (QED) is 0.444. The van der Waals surface area contributed by atoms with Crippen LogP contribution in [0.3, 0.4) is 0 Å². The van der Waals surface area contributed by atoms with Gasteiger partial charge in [0.15, 0.2) is 5.16 Å². The number of aromatic nitrogens is 2. The number of imidazole rings is 1. The van der Waals surface area contributed by atoms with E-state index in [1.807, 2.05) is 48.9 Å². The first-order valence-electron chi connectivity index (χ1n) is 7.06. The molecule has 0 fully saturated rings. The zero-order valence-electron chi connectivity index (χ0n) is 12.8. The number of nitrogens with zero attached hydrogens (tertiary/aromatic N) is 3. The van der Waals surface area contributed by atoms with Gasteiger partial charge >= 0.3 is 0 Å². The van der Waals surface area contributed by atoms with Crippen LogP contribution in [0.5, 0.6) is 0 Å². The lowest BCUT2D eigenvalue weighted by atomic mass is 10.3. The van der Waals surface area contributed by atoms with E-state index in [1.165, 1.54) is 18.0 Å². The Morgan fingerprint density at radius 2 is 2.22 bits per heavy atom. The summed E-state index contributed by atoms with van der Waals surface area (Å²) in [4.78, 5) is 16.3. The smallest absolute Gasteiger partial charge is 0.250 e. The molecule has 0 bridgehead atoms. The van der Waals surface area contributed by atoms with Crippen LogP contribution >= 0.6 is 11.8 Å². The number of nitrogens with one attached hydrogen (secondary N) is 1. The fourth-order valence-electron chi connectivity index (χ4n) is 2.11. The lowest BCUT2D eigenvalue weighted by molar-refractivity contribution is -0.118. The van der Waals surface area contributed by atoms with E-state index in [9.17, 15) is 4.79 Å². The Hall–Kier alpha value is -2.54. The van der Waals surface area contributed by atoms with Crippen LogP contribution in [0.25, 0.3) is 11.0 Å². The second kappa shape index (κ2) is 6.70. The molecule has 0 radical (unpaired) electrons. The molecule has 0 atom stereocenters. The molecule has 3 rings (SSSR count). The Bertz CT molecular complexity index is 866. The van der Waals surface area contributed by atoms with E-state index in [0.29, 0.717) is 5.76 Å². The first-order valence-corrected chi connectivity index (χ1v) is 8.04. The molecule has 0 saturated carbocycles. The van der Waals surface area contributed by atoms with Crippen molar-refractivity contribution in [2.75, 3.05) is 5.75 Å². The van der Waals surface area contributed by atoms with E-state index < -0.39 is 0 Å². The fourth-order valence-corrected chi connectivity index (χ4v) is 2.89. The number of hydrazone groups is 1. The van der Waals surface area contributed by atoms with E-state index in [1.54, 1.807) is 6.07 Å². The summed E-state index contributed by atoms with van der Waals surface area (Å²) >= 11 is 1.37. The summed E-state index contributed by atoms with van der Waals surface area (Å²) in [6, 6.07) is 11.5. The van der Waals surface area contributed by atoms with Crippen molar-refractivity contribution in [2.45, 2.75) is 12.1 Å². The molecule has 1 aromatic carbocycles. The summed E-state index contributed by atoms with van der Waals surface area (Å²) in [5, 5.41) is 4.67. The van der Waals surface area contributed by atoms with Gasteiger partial charge in [0, 0.05) is 7.05 Å². The highest BCUT2D eigenvalue weighted by atomic mass is 32.2. The molecule has 3 aromatic rings. The number of thioether (sulfide) groups is 1. The molecule has 0 aliphatic heterocycles. The van der Waals surface area contributed by atoms with Crippen LogP contribution in [0, 0.1) is 6.92 Å². The van der Waals surface area contributed by atoms with Crippen LogP contribution in [0.15, 0.2) is 51.1 Å². The first-order chi connectivity index (χ1) is 11.1.